The van der Waals surface area contributed by atoms with Crippen molar-refractivity contribution in [2.24, 2.45) is 11.8 Å². The Hall–Kier alpha value is -4.75. The Morgan fingerprint density at radius 2 is 0.948 bits per heavy atom. The van der Waals surface area contributed by atoms with Crippen molar-refractivity contribution in [1.82, 2.24) is 38.7 Å². The molecule has 2 amide bonds. The van der Waals surface area contributed by atoms with E-state index in [1.54, 1.807) is 36.9 Å². The van der Waals surface area contributed by atoms with Crippen molar-refractivity contribution in [2.75, 3.05) is 52.4 Å². The number of benzene rings is 2. The zero-order chi connectivity index (χ0) is 40.3. The summed E-state index contributed by atoms with van der Waals surface area (Å²) in [6, 6.07) is 12.2. The summed E-state index contributed by atoms with van der Waals surface area (Å²) in [6.07, 6.45) is 14.3. The highest BCUT2D eigenvalue weighted by Gasteiger charge is 2.38. The molecule has 0 aliphatic carbocycles. The molecule has 6 heterocycles. The van der Waals surface area contributed by atoms with Crippen LogP contribution in [0.5, 0.6) is 0 Å². The first-order valence-electron chi connectivity index (χ1n) is 21.3. The third-order valence-corrected chi connectivity index (χ3v) is 13.4. The van der Waals surface area contributed by atoms with Gasteiger partial charge in [0.2, 0.25) is 11.8 Å². The summed E-state index contributed by atoms with van der Waals surface area (Å²) in [5.41, 5.74) is 3.61. The molecule has 13 heteroatoms. The Balaban J connectivity index is 0.774. The number of piperidine rings is 4. The number of hydrogen-bond donors (Lipinski definition) is 0. The molecule has 8 rings (SSSR count). The van der Waals surface area contributed by atoms with Gasteiger partial charge in [-0.2, -0.15) is 0 Å². The van der Waals surface area contributed by atoms with E-state index < -0.39 is 0 Å². The molecule has 4 fully saturated rings. The number of amides is 2. The Kier molecular flexibility index (Phi) is 12.2. The van der Waals surface area contributed by atoms with Gasteiger partial charge in [0, 0.05) is 73.6 Å². The zero-order valence-electron chi connectivity index (χ0n) is 33.8. The maximum atomic E-state index is 13.8. The minimum absolute atomic E-state index is 0.0445. The summed E-state index contributed by atoms with van der Waals surface area (Å²) in [5, 5.41) is 0. The molecule has 2 aromatic heterocycles. The van der Waals surface area contributed by atoms with Crippen LogP contribution in [0, 0.1) is 23.5 Å². The van der Waals surface area contributed by atoms with Crippen molar-refractivity contribution in [3.63, 3.8) is 0 Å². The summed E-state index contributed by atoms with van der Waals surface area (Å²) in [4.78, 5) is 59.2. The largest absolute Gasteiger partial charge is 0.342 e. The Labute approximate surface area is 340 Å². The molecule has 4 saturated heterocycles. The maximum Gasteiger partial charge on any atom is 0.225 e. The van der Waals surface area contributed by atoms with Crippen LogP contribution < -0.4 is 0 Å². The first kappa shape index (κ1) is 40.0. The zero-order valence-corrected chi connectivity index (χ0v) is 33.8. The Bertz CT molecular complexity index is 1890. The van der Waals surface area contributed by atoms with Crippen LogP contribution in [0.2, 0.25) is 0 Å². The summed E-state index contributed by atoms with van der Waals surface area (Å²) in [5.74, 6) is 0.319. The van der Waals surface area contributed by atoms with E-state index in [2.05, 4.69) is 19.8 Å². The highest BCUT2D eigenvalue weighted by Crippen LogP contribution is 2.32. The second-order valence-corrected chi connectivity index (χ2v) is 17.0. The molecule has 0 N–H and O–H groups in total. The average molecular weight is 795 g/mol. The van der Waals surface area contributed by atoms with Crippen LogP contribution in [0.3, 0.4) is 0 Å². The number of Topliss-reactive ketones (excluding diaryl/α,β-unsaturated/α-hetero) is 1. The van der Waals surface area contributed by atoms with Crippen molar-refractivity contribution in [3.05, 3.63) is 96.6 Å². The van der Waals surface area contributed by atoms with Gasteiger partial charge in [-0.05, 0) is 140 Å². The van der Waals surface area contributed by atoms with Gasteiger partial charge in [-0.15, -0.1) is 0 Å². The molecular weight excluding hydrogens is 739 g/mol. The quantitative estimate of drug-likeness (QED) is 0.188. The molecular formula is C45H56F2N8O3. The van der Waals surface area contributed by atoms with Gasteiger partial charge in [-0.25, -0.2) is 18.7 Å². The van der Waals surface area contributed by atoms with Gasteiger partial charge in [-0.1, -0.05) is 0 Å². The number of ketones is 1. The van der Waals surface area contributed by atoms with Crippen LogP contribution in [-0.2, 0) is 14.4 Å². The number of likely N-dealkylation sites (tertiary alicyclic amines) is 4. The molecule has 58 heavy (non-hydrogen) atoms. The van der Waals surface area contributed by atoms with Crippen molar-refractivity contribution >= 4 is 17.6 Å². The maximum absolute atomic E-state index is 13.8. The third-order valence-electron chi connectivity index (χ3n) is 13.4. The topological polar surface area (TPSA) is 99.8 Å². The minimum Gasteiger partial charge on any atom is -0.342 e. The summed E-state index contributed by atoms with van der Waals surface area (Å²) in [6.45, 7) is 9.70. The van der Waals surface area contributed by atoms with Gasteiger partial charge < -0.3 is 18.9 Å². The number of hydrogen-bond acceptors (Lipinski definition) is 7. The highest BCUT2D eigenvalue weighted by atomic mass is 19.1. The molecule has 4 aliphatic rings. The highest BCUT2D eigenvalue weighted by molar-refractivity contribution is 5.88. The second-order valence-electron chi connectivity index (χ2n) is 17.0. The molecule has 308 valence electrons. The molecule has 4 aromatic rings. The predicted molar refractivity (Wildman–Crippen MR) is 217 cm³/mol. The number of carbonyl (C=O) groups is 3. The van der Waals surface area contributed by atoms with E-state index in [-0.39, 0.29) is 65.0 Å². The number of nitrogens with zero attached hydrogens (tertiary/aromatic N) is 8. The lowest BCUT2D eigenvalue weighted by Crippen LogP contribution is -2.54. The van der Waals surface area contributed by atoms with Crippen molar-refractivity contribution < 1.29 is 23.2 Å². The van der Waals surface area contributed by atoms with Crippen LogP contribution in [-0.4, -0.2) is 121 Å². The van der Waals surface area contributed by atoms with E-state index in [9.17, 15) is 23.2 Å². The predicted octanol–water partition coefficient (Wildman–Crippen LogP) is 6.22. The van der Waals surface area contributed by atoms with Crippen LogP contribution >= 0.6 is 0 Å². The molecule has 0 radical (unpaired) electrons. The fraction of sp³-hybridized carbons (Fsp3) is 0.533. The number of imidazole rings is 2. The standard InChI is InChI=1S/C45H56F2N8O3/c1-31(50-21-15-33(16-22-50)44(57)52-19-3-5-35(25-52)41-27-54(29-48-41)39-11-7-37(46)8-12-39)43(56)32(2)51-23-17-34(18-24-51)45(58)53-20-4-6-36(26-53)42-28-55(30-49-42)40-13-9-38(47)10-14-40/h7-14,27-36H,3-6,15-26H2,1-2H3/t31?,32?,35-,36-/m0/s1. The van der Waals surface area contributed by atoms with Crippen molar-refractivity contribution in [2.45, 2.75) is 89.1 Å². The van der Waals surface area contributed by atoms with E-state index in [0.717, 1.165) is 113 Å². The first-order chi connectivity index (χ1) is 28.1. The third kappa shape index (κ3) is 8.80. The Morgan fingerprint density at radius 3 is 1.33 bits per heavy atom. The number of aromatic nitrogens is 4. The SMILES string of the molecule is CC(C(=O)C(C)N1CCC(C(=O)N2CCC[C@H](c3cn(-c4ccc(F)cc4)cn3)C2)CC1)N1CCC(C(=O)N2CCC[C@H](c3cn(-c4ccc(F)cc4)cn3)C2)CC1. The van der Waals surface area contributed by atoms with Gasteiger partial charge in [-0.3, -0.25) is 24.2 Å². The summed E-state index contributed by atoms with van der Waals surface area (Å²) < 4.78 is 30.7. The molecule has 11 nitrogen and oxygen atoms in total. The van der Waals surface area contributed by atoms with Crippen LogP contribution in [0.4, 0.5) is 8.78 Å². The van der Waals surface area contributed by atoms with E-state index in [0.29, 0.717) is 13.1 Å². The van der Waals surface area contributed by atoms with Gasteiger partial charge >= 0.3 is 0 Å². The smallest absolute Gasteiger partial charge is 0.225 e. The Morgan fingerprint density at radius 1 is 0.569 bits per heavy atom. The lowest BCUT2D eigenvalue weighted by atomic mass is 9.89. The fourth-order valence-corrected chi connectivity index (χ4v) is 9.74. The van der Waals surface area contributed by atoms with Crippen molar-refractivity contribution in [1.29, 1.82) is 0 Å². The second kappa shape index (κ2) is 17.6. The van der Waals surface area contributed by atoms with Crippen LogP contribution in [0.1, 0.15) is 88.4 Å². The van der Waals surface area contributed by atoms with E-state index in [4.69, 9.17) is 0 Å². The fourth-order valence-electron chi connectivity index (χ4n) is 9.74. The van der Waals surface area contributed by atoms with Crippen LogP contribution in [0.25, 0.3) is 11.4 Å². The lowest BCUT2D eigenvalue weighted by Gasteiger charge is -2.41. The van der Waals surface area contributed by atoms with Crippen molar-refractivity contribution in [3.8, 4) is 11.4 Å². The molecule has 4 aliphatic heterocycles. The van der Waals surface area contributed by atoms with E-state index in [1.165, 1.54) is 24.3 Å². The molecule has 4 atom stereocenters. The average Bonchev–Trinajstić information content (AvgIpc) is 3.98. The minimum atomic E-state index is -0.273. The molecule has 2 unspecified atom stereocenters. The van der Waals surface area contributed by atoms with Crippen LogP contribution in [0.15, 0.2) is 73.6 Å². The number of rotatable bonds is 10. The lowest BCUT2D eigenvalue weighted by molar-refractivity contribution is -0.139. The normalized spacial score (nSPS) is 22.8. The molecule has 2 aromatic carbocycles. The summed E-state index contributed by atoms with van der Waals surface area (Å²) in [7, 11) is 0. The van der Waals surface area contributed by atoms with Gasteiger partial charge in [0.25, 0.3) is 0 Å². The van der Waals surface area contributed by atoms with Gasteiger partial charge in [0.1, 0.15) is 11.6 Å². The summed E-state index contributed by atoms with van der Waals surface area (Å²) >= 11 is 0. The van der Waals surface area contributed by atoms with Gasteiger partial charge in [0.05, 0.1) is 36.1 Å². The van der Waals surface area contributed by atoms with E-state index >= 15 is 0 Å². The van der Waals surface area contributed by atoms with E-state index in [1.807, 2.05) is 45.2 Å². The molecule has 0 spiro atoms. The number of carbonyl (C=O) groups excluding carboxylic acids is 3. The number of halogens is 2. The molecule has 0 saturated carbocycles. The monoisotopic (exact) mass is 794 g/mol. The van der Waals surface area contributed by atoms with Gasteiger partial charge in [0.15, 0.2) is 5.78 Å². The molecule has 0 bridgehead atoms. The first-order valence-corrected chi connectivity index (χ1v) is 21.3.